The highest BCUT2D eigenvalue weighted by molar-refractivity contribution is 5.78. The van der Waals surface area contributed by atoms with Crippen LogP contribution >= 0.6 is 0 Å². The molecule has 0 aliphatic carbocycles. The van der Waals surface area contributed by atoms with Gasteiger partial charge in [-0.3, -0.25) is 4.98 Å². The Hall–Kier alpha value is -2.13. The van der Waals surface area contributed by atoms with E-state index in [1.54, 1.807) is 0 Å². The molecule has 0 aliphatic heterocycles. The van der Waals surface area contributed by atoms with Crippen molar-refractivity contribution in [1.82, 2.24) is 9.55 Å². The van der Waals surface area contributed by atoms with Crippen molar-refractivity contribution in [2.75, 3.05) is 0 Å². The first-order valence-electron chi connectivity index (χ1n) is 6.94. The van der Waals surface area contributed by atoms with Gasteiger partial charge >= 0.3 is 0 Å². The summed E-state index contributed by atoms with van der Waals surface area (Å²) in [6, 6.07) is 12.8. The van der Waals surface area contributed by atoms with Gasteiger partial charge in [0.1, 0.15) is 0 Å². The van der Waals surface area contributed by atoms with Gasteiger partial charge in [0.25, 0.3) is 0 Å². The molecule has 2 N–H and O–H groups in total. The van der Waals surface area contributed by atoms with Gasteiger partial charge in [-0.25, -0.2) is 0 Å². The summed E-state index contributed by atoms with van der Waals surface area (Å²) in [7, 11) is 0. The molecule has 3 heteroatoms. The summed E-state index contributed by atoms with van der Waals surface area (Å²) >= 11 is 0. The number of rotatable bonds is 4. The molecule has 0 saturated carbocycles. The van der Waals surface area contributed by atoms with Crippen LogP contribution in [0, 0.1) is 0 Å². The number of nitrogens with zero attached hydrogens (tertiary/aromatic N) is 2. The lowest BCUT2D eigenvalue weighted by Crippen LogP contribution is -2.17. The van der Waals surface area contributed by atoms with Crippen LogP contribution in [0.15, 0.2) is 55.0 Å². The predicted molar refractivity (Wildman–Crippen MR) is 82.6 cm³/mol. The van der Waals surface area contributed by atoms with Gasteiger partial charge in [-0.2, -0.15) is 0 Å². The first-order chi connectivity index (χ1) is 9.70. The van der Waals surface area contributed by atoms with E-state index in [1.165, 1.54) is 16.5 Å². The lowest BCUT2D eigenvalue weighted by atomic mass is 10.1. The van der Waals surface area contributed by atoms with E-state index in [9.17, 15) is 0 Å². The summed E-state index contributed by atoms with van der Waals surface area (Å²) < 4.78 is 2.20. The normalized spacial score (nSPS) is 12.7. The number of nitrogens with two attached hydrogens (primary N) is 1. The summed E-state index contributed by atoms with van der Waals surface area (Å²) in [5.41, 5.74) is 9.45. The molecule has 3 aromatic rings. The van der Waals surface area contributed by atoms with Crippen molar-refractivity contribution in [1.29, 1.82) is 0 Å². The zero-order valence-electron chi connectivity index (χ0n) is 11.7. The van der Waals surface area contributed by atoms with Gasteiger partial charge in [0.2, 0.25) is 0 Å². The van der Waals surface area contributed by atoms with Crippen molar-refractivity contribution in [2.45, 2.75) is 25.9 Å². The van der Waals surface area contributed by atoms with Gasteiger partial charge in [0.15, 0.2) is 0 Å². The largest absolute Gasteiger partial charge is 0.350 e. The summed E-state index contributed by atoms with van der Waals surface area (Å²) in [6.07, 6.45) is 7.05. The van der Waals surface area contributed by atoms with Crippen molar-refractivity contribution >= 4 is 10.9 Å². The number of hydrogen-bond donors (Lipinski definition) is 1. The first-order valence-corrected chi connectivity index (χ1v) is 6.94. The van der Waals surface area contributed by atoms with Crippen LogP contribution in [0.3, 0.4) is 0 Å². The van der Waals surface area contributed by atoms with Crippen LogP contribution in [0.5, 0.6) is 0 Å². The minimum absolute atomic E-state index is 0.206. The van der Waals surface area contributed by atoms with E-state index < -0.39 is 0 Å². The fourth-order valence-corrected chi connectivity index (χ4v) is 2.52. The minimum Gasteiger partial charge on any atom is -0.350 e. The monoisotopic (exact) mass is 265 g/mol. The fourth-order valence-electron chi connectivity index (χ4n) is 2.52. The van der Waals surface area contributed by atoms with Crippen molar-refractivity contribution in [3.05, 3.63) is 66.1 Å². The Morgan fingerprint density at radius 1 is 1.20 bits per heavy atom. The zero-order valence-corrected chi connectivity index (χ0v) is 11.7. The zero-order chi connectivity index (χ0) is 13.9. The van der Waals surface area contributed by atoms with Gasteiger partial charge < -0.3 is 10.3 Å². The highest BCUT2D eigenvalue weighted by Gasteiger charge is 2.02. The molecule has 2 heterocycles. The number of benzene rings is 1. The van der Waals surface area contributed by atoms with E-state index in [-0.39, 0.29) is 6.04 Å². The van der Waals surface area contributed by atoms with E-state index >= 15 is 0 Å². The molecule has 2 aromatic heterocycles. The average molecular weight is 265 g/mol. The third kappa shape index (κ3) is 2.89. The number of pyridine rings is 1. The molecule has 1 aromatic carbocycles. The third-order valence-electron chi connectivity index (χ3n) is 3.40. The van der Waals surface area contributed by atoms with E-state index in [1.807, 2.05) is 19.2 Å². The SMILES string of the molecule is CC(N)Cc1ccn(Cc2ccc3ncccc3c2)c1. The third-order valence-corrected chi connectivity index (χ3v) is 3.40. The second-order valence-electron chi connectivity index (χ2n) is 5.40. The van der Waals surface area contributed by atoms with E-state index in [4.69, 9.17) is 5.73 Å². The highest BCUT2D eigenvalue weighted by Crippen LogP contribution is 2.15. The molecule has 0 fully saturated rings. The molecule has 0 saturated heterocycles. The van der Waals surface area contributed by atoms with Crippen LogP contribution in [0.2, 0.25) is 0 Å². The average Bonchev–Trinajstić information content (AvgIpc) is 2.85. The maximum Gasteiger partial charge on any atom is 0.0702 e. The van der Waals surface area contributed by atoms with Crippen molar-refractivity contribution in [3.63, 3.8) is 0 Å². The smallest absolute Gasteiger partial charge is 0.0702 e. The molecule has 1 unspecified atom stereocenters. The summed E-state index contributed by atoms with van der Waals surface area (Å²) in [5, 5.41) is 1.19. The van der Waals surface area contributed by atoms with Crippen LogP contribution in [-0.2, 0) is 13.0 Å². The predicted octanol–water partition coefficient (Wildman–Crippen LogP) is 2.97. The standard InChI is InChI=1S/C17H19N3/c1-13(18)9-15-6-8-20(12-15)11-14-4-5-17-16(10-14)3-2-7-19-17/h2-8,10,12-13H,9,11,18H2,1H3. The van der Waals surface area contributed by atoms with E-state index in [2.05, 4.69) is 52.3 Å². The van der Waals surface area contributed by atoms with Gasteiger partial charge in [-0.15, -0.1) is 0 Å². The minimum atomic E-state index is 0.206. The highest BCUT2D eigenvalue weighted by atomic mass is 14.9. The van der Waals surface area contributed by atoms with Gasteiger partial charge in [-0.1, -0.05) is 12.1 Å². The van der Waals surface area contributed by atoms with Crippen LogP contribution in [0.4, 0.5) is 0 Å². The topological polar surface area (TPSA) is 43.8 Å². The molecule has 3 rings (SSSR count). The first kappa shape index (κ1) is 12.9. The quantitative estimate of drug-likeness (QED) is 0.788. The molecule has 0 aliphatic rings. The van der Waals surface area contributed by atoms with E-state index in [0.717, 1.165) is 18.5 Å². The number of fused-ring (bicyclic) bond motifs is 1. The molecule has 102 valence electrons. The molecule has 0 bridgehead atoms. The lowest BCUT2D eigenvalue weighted by Gasteiger charge is -2.05. The van der Waals surface area contributed by atoms with Crippen molar-refractivity contribution in [2.24, 2.45) is 5.73 Å². The van der Waals surface area contributed by atoms with Crippen LogP contribution in [0.1, 0.15) is 18.1 Å². The Labute approximate surface area is 119 Å². The molecule has 0 radical (unpaired) electrons. The number of aromatic nitrogens is 2. The Morgan fingerprint density at radius 2 is 2.10 bits per heavy atom. The maximum absolute atomic E-state index is 5.83. The molecule has 0 amide bonds. The van der Waals surface area contributed by atoms with Crippen molar-refractivity contribution in [3.8, 4) is 0 Å². The second kappa shape index (κ2) is 5.47. The van der Waals surface area contributed by atoms with Gasteiger partial charge in [-0.05, 0) is 48.7 Å². The van der Waals surface area contributed by atoms with Gasteiger partial charge in [0, 0.05) is 36.6 Å². The van der Waals surface area contributed by atoms with Crippen LogP contribution in [0.25, 0.3) is 10.9 Å². The molecule has 1 atom stereocenters. The summed E-state index contributed by atoms with van der Waals surface area (Å²) in [5.74, 6) is 0. The summed E-state index contributed by atoms with van der Waals surface area (Å²) in [6.45, 7) is 2.91. The Bertz CT molecular complexity index is 713. The Morgan fingerprint density at radius 3 is 2.95 bits per heavy atom. The number of hydrogen-bond acceptors (Lipinski definition) is 2. The Kier molecular flexibility index (Phi) is 3.52. The molecular weight excluding hydrogens is 246 g/mol. The van der Waals surface area contributed by atoms with Crippen molar-refractivity contribution < 1.29 is 0 Å². The van der Waals surface area contributed by atoms with Gasteiger partial charge in [0.05, 0.1) is 5.52 Å². The van der Waals surface area contributed by atoms with Crippen LogP contribution < -0.4 is 5.73 Å². The molecular formula is C17H19N3. The van der Waals surface area contributed by atoms with Crippen LogP contribution in [-0.4, -0.2) is 15.6 Å². The molecule has 3 nitrogen and oxygen atoms in total. The molecule has 0 spiro atoms. The fraction of sp³-hybridized carbons (Fsp3) is 0.235. The second-order valence-corrected chi connectivity index (χ2v) is 5.40. The maximum atomic E-state index is 5.83. The Balaban J connectivity index is 1.80. The summed E-state index contributed by atoms with van der Waals surface area (Å²) in [4.78, 5) is 4.35. The molecule has 20 heavy (non-hydrogen) atoms. The lowest BCUT2D eigenvalue weighted by molar-refractivity contribution is 0.732. The van der Waals surface area contributed by atoms with E-state index in [0.29, 0.717) is 0 Å².